The fraction of sp³-hybridized carbons (Fsp3) is 0.407. The number of ether oxygens (including phenoxy) is 1. The van der Waals surface area contributed by atoms with E-state index in [-0.39, 0.29) is 11.3 Å². The second kappa shape index (κ2) is 11.1. The van der Waals surface area contributed by atoms with Gasteiger partial charge in [0, 0.05) is 12.1 Å². The molecule has 1 saturated heterocycles. The first-order valence-electron chi connectivity index (χ1n) is 11.7. The van der Waals surface area contributed by atoms with Gasteiger partial charge in [0.25, 0.3) is 11.7 Å². The number of ketones is 1. The van der Waals surface area contributed by atoms with Crippen LogP contribution in [0.5, 0.6) is 5.75 Å². The van der Waals surface area contributed by atoms with E-state index in [1.54, 1.807) is 17.0 Å². The minimum atomic E-state index is -0.664. The number of hydrogen-bond donors (Lipinski definition) is 1. The first-order valence-corrected chi connectivity index (χ1v) is 11.7. The molecular formula is C27H34N2O4. The fourth-order valence-electron chi connectivity index (χ4n) is 4.27. The van der Waals surface area contributed by atoms with Gasteiger partial charge in [0.1, 0.15) is 11.5 Å². The number of aliphatic hydroxyl groups excluding tert-OH is 1. The van der Waals surface area contributed by atoms with Gasteiger partial charge in [-0.25, -0.2) is 0 Å². The van der Waals surface area contributed by atoms with Gasteiger partial charge in [0.2, 0.25) is 0 Å². The Morgan fingerprint density at radius 2 is 1.76 bits per heavy atom. The maximum Gasteiger partial charge on any atom is 0.295 e. The summed E-state index contributed by atoms with van der Waals surface area (Å²) in [6.45, 7) is 11.7. The van der Waals surface area contributed by atoms with E-state index in [0.29, 0.717) is 24.5 Å². The normalized spacial score (nSPS) is 17.7. The molecule has 6 heteroatoms. The molecule has 1 amide bonds. The van der Waals surface area contributed by atoms with Crippen molar-refractivity contribution in [2.75, 3.05) is 32.8 Å². The van der Waals surface area contributed by atoms with Gasteiger partial charge in [-0.05, 0) is 57.6 Å². The molecule has 33 heavy (non-hydrogen) atoms. The van der Waals surface area contributed by atoms with Crippen LogP contribution in [-0.4, -0.2) is 59.4 Å². The van der Waals surface area contributed by atoms with E-state index in [1.807, 2.05) is 50.2 Å². The molecule has 1 atom stereocenters. The van der Waals surface area contributed by atoms with E-state index >= 15 is 0 Å². The van der Waals surface area contributed by atoms with Crippen LogP contribution in [-0.2, 0) is 9.59 Å². The van der Waals surface area contributed by atoms with Gasteiger partial charge in [-0.15, -0.1) is 0 Å². The molecule has 176 valence electrons. The van der Waals surface area contributed by atoms with E-state index in [1.165, 1.54) is 0 Å². The molecule has 0 spiro atoms. The predicted octanol–water partition coefficient (Wildman–Crippen LogP) is 4.55. The number of aliphatic hydroxyl groups is 1. The third-order valence-corrected chi connectivity index (χ3v) is 6.12. The number of Topliss-reactive ketones (excluding diaryl/α,β-unsaturated/α-hetero) is 1. The van der Waals surface area contributed by atoms with Crippen molar-refractivity contribution in [1.82, 2.24) is 9.80 Å². The summed E-state index contributed by atoms with van der Waals surface area (Å²) in [5, 5.41) is 11.2. The Hall–Kier alpha value is -3.12. The lowest BCUT2D eigenvalue weighted by atomic mass is 9.95. The molecule has 0 aliphatic carbocycles. The van der Waals surface area contributed by atoms with E-state index in [9.17, 15) is 14.7 Å². The molecule has 3 rings (SSSR count). The summed E-state index contributed by atoms with van der Waals surface area (Å²) in [5.74, 6) is -0.705. The number of carbonyl (C=O) groups is 2. The predicted molar refractivity (Wildman–Crippen MR) is 130 cm³/mol. The molecule has 1 heterocycles. The van der Waals surface area contributed by atoms with Gasteiger partial charge in [0.05, 0.1) is 18.2 Å². The number of rotatable bonds is 10. The summed E-state index contributed by atoms with van der Waals surface area (Å²) in [5.41, 5.74) is 2.44. The molecule has 1 aliphatic heterocycles. The van der Waals surface area contributed by atoms with Gasteiger partial charge in [-0.1, -0.05) is 55.8 Å². The van der Waals surface area contributed by atoms with Gasteiger partial charge in [-0.3, -0.25) is 9.59 Å². The zero-order valence-corrected chi connectivity index (χ0v) is 20.0. The largest absolute Gasteiger partial charge is 0.507 e. The van der Waals surface area contributed by atoms with Gasteiger partial charge in [0.15, 0.2) is 0 Å². The molecule has 1 unspecified atom stereocenters. The van der Waals surface area contributed by atoms with Crippen molar-refractivity contribution >= 4 is 17.4 Å². The first-order chi connectivity index (χ1) is 15.9. The monoisotopic (exact) mass is 450 g/mol. The van der Waals surface area contributed by atoms with Crippen molar-refractivity contribution in [3.63, 3.8) is 0 Å². The molecule has 0 aromatic heterocycles. The summed E-state index contributed by atoms with van der Waals surface area (Å²) >= 11 is 0. The minimum absolute atomic E-state index is 0.125. The number of likely N-dealkylation sites (tertiary alicyclic amines) is 1. The van der Waals surface area contributed by atoms with Crippen LogP contribution in [0.4, 0.5) is 0 Å². The van der Waals surface area contributed by atoms with Crippen LogP contribution >= 0.6 is 0 Å². The van der Waals surface area contributed by atoms with Crippen molar-refractivity contribution in [3.05, 3.63) is 70.8 Å². The minimum Gasteiger partial charge on any atom is -0.507 e. The highest BCUT2D eigenvalue weighted by atomic mass is 16.5. The number of benzene rings is 2. The molecule has 0 radical (unpaired) electrons. The highest BCUT2D eigenvalue weighted by Gasteiger charge is 2.45. The summed E-state index contributed by atoms with van der Waals surface area (Å²) in [7, 11) is 0. The Morgan fingerprint density at radius 1 is 1.06 bits per heavy atom. The average Bonchev–Trinajstić information content (AvgIpc) is 3.07. The molecule has 1 aliphatic rings. The summed E-state index contributed by atoms with van der Waals surface area (Å²) in [6.07, 6.45) is 0.737. The van der Waals surface area contributed by atoms with Gasteiger partial charge < -0.3 is 19.6 Å². The van der Waals surface area contributed by atoms with E-state index in [2.05, 4.69) is 18.7 Å². The second-order valence-corrected chi connectivity index (χ2v) is 8.24. The molecule has 0 bridgehead atoms. The Bertz CT molecular complexity index is 1010. The van der Waals surface area contributed by atoms with Crippen LogP contribution in [0.15, 0.2) is 54.1 Å². The third kappa shape index (κ3) is 5.45. The third-order valence-electron chi connectivity index (χ3n) is 6.12. The molecule has 2 aromatic rings. The lowest BCUT2D eigenvalue weighted by Gasteiger charge is -2.27. The molecule has 1 N–H and O–H groups in total. The maximum atomic E-state index is 13.2. The van der Waals surface area contributed by atoms with Gasteiger partial charge in [-0.2, -0.15) is 0 Å². The number of nitrogens with zero attached hydrogens (tertiary/aromatic N) is 2. The van der Waals surface area contributed by atoms with Crippen LogP contribution in [0.25, 0.3) is 5.76 Å². The maximum absolute atomic E-state index is 13.2. The zero-order valence-electron chi connectivity index (χ0n) is 20.0. The summed E-state index contributed by atoms with van der Waals surface area (Å²) in [6, 6.07) is 14.0. The van der Waals surface area contributed by atoms with Crippen molar-refractivity contribution in [2.45, 2.75) is 40.2 Å². The fourth-order valence-corrected chi connectivity index (χ4v) is 4.27. The first kappa shape index (κ1) is 24.5. The summed E-state index contributed by atoms with van der Waals surface area (Å²) < 4.78 is 5.66. The van der Waals surface area contributed by atoms with Crippen LogP contribution in [0.2, 0.25) is 0 Å². The van der Waals surface area contributed by atoms with E-state index in [4.69, 9.17) is 4.74 Å². The SMILES string of the molecule is CCOc1cccc(C2/C(=C(\O)c3ccc(C)cc3)C(=O)C(=O)N2CCCN(CC)CC)c1. The number of carbonyl (C=O) groups excluding carboxylic acids is 2. The number of amides is 1. The lowest BCUT2D eigenvalue weighted by Crippen LogP contribution is -2.33. The molecule has 2 aromatic carbocycles. The highest BCUT2D eigenvalue weighted by Crippen LogP contribution is 2.40. The van der Waals surface area contributed by atoms with Crippen LogP contribution in [0.1, 0.15) is 49.9 Å². The Labute approximate surface area is 196 Å². The topological polar surface area (TPSA) is 70.1 Å². The molecule has 1 fully saturated rings. The zero-order chi connectivity index (χ0) is 24.0. The van der Waals surface area contributed by atoms with Crippen LogP contribution in [0, 0.1) is 6.92 Å². The van der Waals surface area contributed by atoms with Crippen molar-refractivity contribution in [3.8, 4) is 5.75 Å². The second-order valence-electron chi connectivity index (χ2n) is 8.24. The Morgan fingerprint density at radius 3 is 2.39 bits per heavy atom. The van der Waals surface area contributed by atoms with Crippen LogP contribution < -0.4 is 4.74 Å². The number of hydrogen-bond acceptors (Lipinski definition) is 5. The van der Waals surface area contributed by atoms with Crippen molar-refractivity contribution in [1.29, 1.82) is 0 Å². The van der Waals surface area contributed by atoms with Gasteiger partial charge >= 0.3 is 0 Å². The highest BCUT2D eigenvalue weighted by molar-refractivity contribution is 6.46. The Balaban J connectivity index is 2.04. The standard InChI is InChI=1S/C27H34N2O4/c1-5-28(6-2)16-9-17-29-24(21-10-8-11-22(18-21)33-7-3)23(26(31)27(29)32)25(30)20-14-12-19(4)13-15-20/h8,10-15,18,24,30H,5-7,9,16-17H2,1-4H3/b25-23+. The van der Waals surface area contributed by atoms with E-state index < -0.39 is 17.7 Å². The van der Waals surface area contributed by atoms with E-state index in [0.717, 1.165) is 37.2 Å². The van der Waals surface area contributed by atoms with Crippen LogP contribution in [0.3, 0.4) is 0 Å². The smallest absolute Gasteiger partial charge is 0.295 e. The summed E-state index contributed by atoms with van der Waals surface area (Å²) in [4.78, 5) is 30.1. The molecule has 6 nitrogen and oxygen atoms in total. The van der Waals surface area contributed by atoms with Crippen molar-refractivity contribution in [2.24, 2.45) is 0 Å². The van der Waals surface area contributed by atoms with Crippen molar-refractivity contribution < 1.29 is 19.4 Å². The lowest BCUT2D eigenvalue weighted by molar-refractivity contribution is -0.140. The quantitative estimate of drug-likeness (QED) is 0.327. The molecular weight excluding hydrogens is 416 g/mol. The average molecular weight is 451 g/mol. The molecule has 0 saturated carbocycles. The number of aryl methyl sites for hydroxylation is 1. The Kier molecular flexibility index (Phi) is 8.28.